The van der Waals surface area contributed by atoms with Crippen molar-refractivity contribution in [3.05, 3.63) is 46.1 Å². The van der Waals surface area contributed by atoms with Crippen molar-refractivity contribution in [2.45, 2.75) is 20.8 Å². The lowest BCUT2D eigenvalue weighted by atomic mass is 9.99. The second kappa shape index (κ2) is 4.22. The van der Waals surface area contributed by atoms with Crippen LogP contribution in [0.25, 0.3) is 11.3 Å². The monoisotopic (exact) mass is 232 g/mol. The highest BCUT2D eigenvalue weighted by molar-refractivity contribution is 6.29. The third-order valence-corrected chi connectivity index (χ3v) is 2.95. The summed E-state index contributed by atoms with van der Waals surface area (Å²) in [6, 6.07) is 7.97. The minimum absolute atomic E-state index is 0.422. The Morgan fingerprint density at radius 1 is 0.875 bits per heavy atom. The minimum Gasteiger partial charge on any atom is -0.149 e. The Morgan fingerprint density at radius 3 is 2.19 bits per heavy atom. The van der Waals surface area contributed by atoms with E-state index >= 15 is 0 Å². The fourth-order valence-corrected chi connectivity index (χ4v) is 1.80. The van der Waals surface area contributed by atoms with Gasteiger partial charge < -0.3 is 0 Å². The lowest BCUT2D eigenvalue weighted by molar-refractivity contribution is 1.04. The summed E-state index contributed by atoms with van der Waals surface area (Å²) in [4.78, 5) is 0. The minimum atomic E-state index is 0.422. The SMILES string of the molecule is Cc1cc(C)c(-c2ccc(Cl)nn2)cc1C. The van der Waals surface area contributed by atoms with Crippen LogP contribution in [0.15, 0.2) is 24.3 Å². The fourth-order valence-electron chi connectivity index (χ4n) is 1.70. The number of aryl methyl sites for hydroxylation is 3. The molecule has 0 unspecified atom stereocenters. The van der Waals surface area contributed by atoms with Crippen LogP contribution in [0.1, 0.15) is 16.7 Å². The van der Waals surface area contributed by atoms with Gasteiger partial charge in [0.2, 0.25) is 0 Å². The third-order valence-electron chi connectivity index (χ3n) is 2.75. The molecule has 0 saturated heterocycles. The van der Waals surface area contributed by atoms with Crippen LogP contribution in [-0.2, 0) is 0 Å². The Morgan fingerprint density at radius 2 is 1.56 bits per heavy atom. The predicted octanol–water partition coefficient (Wildman–Crippen LogP) is 3.72. The maximum absolute atomic E-state index is 5.72. The van der Waals surface area contributed by atoms with Gasteiger partial charge in [-0.15, -0.1) is 10.2 Å². The molecular formula is C13H13ClN2. The van der Waals surface area contributed by atoms with Crippen LogP contribution in [0, 0.1) is 20.8 Å². The zero-order chi connectivity index (χ0) is 11.7. The van der Waals surface area contributed by atoms with Crippen molar-refractivity contribution in [2.75, 3.05) is 0 Å². The zero-order valence-electron chi connectivity index (χ0n) is 9.58. The molecule has 0 radical (unpaired) electrons. The van der Waals surface area contributed by atoms with Gasteiger partial charge in [-0.1, -0.05) is 17.7 Å². The highest BCUT2D eigenvalue weighted by Crippen LogP contribution is 2.24. The van der Waals surface area contributed by atoms with Crippen LogP contribution in [0.5, 0.6) is 0 Å². The maximum Gasteiger partial charge on any atom is 0.151 e. The largest absolute Gasteiger partial charge is 0.151 e. The van der Waals surface area contributed by atoms with Crippen LogP contribution < -0.4 is 0 Å². The quantitative estimate of drug-likeness (QED) is 0.749. The standard InChI is InChI=1S/C13H13ClN2/c1-8-6-10(3)11(7-9(8)2)12-4-5-13(14)16-15-12/h4-7H,1-3H3. The Hall–Kier alpha value is -1.41. The van der Waals surface area contributed by atoms with Gasteiger partial charge >= 0.3 is 0 Å². The van der Waals surface area contributed by atoms with Crippen molar-refractivity contribution < 1.29 is 0 Å². The van der Waals surface area contributed by atoms with Gasteiger partial charge in [0, 0.05) is 5.56 Å². The van der Waals surface area contributed by atoms with Gasteiger partial charge in [-0.3, -0.25) is 0 Å². The summed E-state index contributed by atoms with van der Waals surface area (Å²) >= 11 is 5.72. The third kappa shape index (κ3) is 2.07. The first kappa shape index (κ1) is 11.1. The van der Waals surface area contributed by atoms with Gasteiger partial charge in [0.1, 0.15) is 0 Å². The molecule has 2 aromatic rings. The first-order valence-corrected chi connectivity index (χ1v) is 5.53. The lowest BCUT2D eigenvalue weighted by Crippen LogP contribution is -1.92. The summed E-state index contributed by atoms with van der Waals surface area (Å²) in [5.74, 6) is 0. The van der Waals surface area contributed by atoms with Gasteiger partial charge in [0.25, 0.3) is 0 Å². The number of nitrogens with zero attached hydrogens (tertiary/aromatic N) is 2. The first-order valence-electron chi connectivity index (χ1n) is 5.15. The van der Waals surface area contributed by atoms with E-state index in [1.54, 1.807) is 6.07 Å². The van der Waals surface area contributed by atoms with Crippen LogP contribution in [-0.4, -0.2) is 10.2 Å². The van der Waals surface area contributed by atoms with E-state index in [1.165, 1.54) is 16.7 Å². The number of hydrogen-bond acceptors (Lipinski definition) is 2. The van der Waals surface area contributed by atoms with Crippen LogP contribution in [0.3, 0.4) is 0 Å². The van der Waals surface area contributed by atoms with E-state index in [1.807, 2.05) is 6.07 Å². The number of rotatable bonds is 1. The van der Waals surface area contributed by atoms with Gasteiger partial charge in [0.05, 0.1) is 5.69 Å². The van der Waals surface area contributed by atoms with E-state index in [0.717, 1.165) is 11.3 Å². The normalized spacial score (nSPS) is 10.5. The molecule has 0 amide bonds. The highest BCUT2D eigenvalue weighted by Gasteiger charge is 2.06. The second-order valence-electron chi connectivity index (χ2n) is 3.99. The lowest BCUT2D eigenvalue weighted by Gasteiger charge is -2.08. The summed E-state index contributed by atoms with van der Waals surface area (Å²) < 4.78 is 0. The number of halogens is 1. The molecule has 0 bridgehead atoms. The molecule has 3 heteroatoms. The average molecular weight is 233 g/mol. The first-order chi connectivity index (χ1) is 7.58. The van der Waals surface area contributed by atoms with Gasteiger partial charge in [0.15, 0.2) is 5.15 Å². The molecule has 1 aromatic heterocycles. The van der Waals surface area contributed by atoms with E-state index in [2.05, 4.69) is 43.1 Å². The predicted molar refractivity (Wildman–Crippen MR) is 66.7 cm³/mol. The topological polar surface area (TPSA) is 25.8 Å². The average Bonchev–Trinajstić information content (AvgIpc) is 2.25. The van der Waals surface area contributed by atoms with E-state index in [4.69, 9.17) is 11.6 Å². The van der Waals surface area contributed by atoms with Crippen LogP contribution in [0.2, 0.25) is 5.15 Å². The molecule has 16 heavy (non-hydrogen) atoms. The molecular weight excluding hydrogens is 220 g/mol. The summed E-state index contributed by atoms with van der Waals surface area (Å²) in [7, 11) is 0. The highest BCUT2D eigenvalue weighted by atomic mass is 35.5. The van der Waals surface area contributed by atoms with Gasteiger partial charge in [-0.2, -0.15) is 0 Å². The molecule has 0 aliphatic rings. The molecule has 0 atom stereocenters. The molecule has 1 heterocycles. The van der Waals surface area contributed by atoms with Crippen molar-refractivity contribution in [3.8, 4) is 11.3 Å². The molecule has 2 nitrogen and oxygen atoms in total. The fraction of sp³-hybridized carbons (Fsp3) is 0.231. The molecule has 0 fully saturated rings. The number of aromatic nitrogens is 2. The zero-order valence-corrected chi connectivity index (χ0v) is 10.3. The molecule has 0 saturated carbocycles. The molecule has 2 rings (SSSR count). The Bertz CT molecular complexity index is 518. The summed E-state index contributed by atoms with van der Waals surface area (Å²) in [6.07, 6.45) is 0. The second-order valence-corrected chi connectivity index (χ2v) is 4.38. The van der Waals surface area contributed by atoms with Crippen molar-refractivity contribution in [3.63, 3.8) is 0 Å². The van der Waals surface area contributed by atoms with Gasteiger partial charge in [-0.25, -0.2) is 0 Å². The molecule has 82 valence electrons. The Kier molecular flexibility index (Phi) is 2.92. The van der Waals surface area contributed by atoms with E-state index in [-0.39, 0.29) is 0 Å². The smallest absolute Gasteiger partial charge is 0.149 e. The Labute approximate surface area is 100 Å². The molecule has 0 aliphatic heterocycles. The van der Waals surface area contributed by atoms with Crippen molar-refractivity contribution >= 4 is 11.6 Å². The van der Waals surface area contributed by atoms with Crippen molar-refractivity contribution in [2.24, 2.45) is 0 Å². The van der Waals surface area contributed by atoms with E-state index < -0.39 is 0 Å². The molecule has 0 aliphatic carbocycles. The Balaban J connectivity index is 2.56. The summed E-state index contributed by atoms with van der Waals surface area (Å²) in [6.45, 7) is 6.29. The molecule has 0 N–H and O–H groups in total. The van der Waals surface area contributed by atoms with E-state index in [9.17, 15) is 0 Å². The summed E-state index contributed by atoms with van der Waals surface area (Å²) in [5.41, 5.74) is 5.75. The van der Waals surface area contributed by atoms with Crippen LogP contribution >= 0.6 is 11.6 Å². The number of benzene rings is 1. The van der Waals surface area contributed by atoms with Crippen molar-refractivity contribution in [1.82, 2.24) is 10.2 Å². The molecule has 1 aromatic carbocycles. The van der Waals surface area contributed by atoms with E-state index in [0.29, 0.717) is 5.15 Å². The molecule has 0 spiro atoms. The maximum atomic E-state index is 5.72. The van der Waals surface area contributed by atoms with Crippen molar-refractivity contribution in [1.29, 1.82) is 0 Å². The summed E-state index contributed by atoms with van der Waals surface area (Å²) in [5, 5.41) is 8.38. The van der Waals surface area contributed by atoms with Gasteiger partial charge in [-0.05, 0) is 55.7 Å². The number of hydrogen-bond donors (Lipinski definition) is 0. The van der Waals surface area contributed by atoms with Crippen LogP contribution in [0.4, 0.5) is 0 Å².